The van der Waals surface area contributed by atoms with E-state index in [-0.39, 0.29) is 147 Å². The van der Waals surface area contributed by atoms with E-state index in [4.69, 9.17) is 35.2 Å². The lowest BCUT2D eigenvalue weighted by Crippen LogP contribution is -2.54. The van der Waals surface area contributed by atoms with Crippen LogP contribution >= 0.6 is 0 Å². The smallest absolute Gasteiger partial charge is 0.407 e. The van der Waals surface area contributed by atoms with Gasteiger partial charge < -0.3 is 76.2 Å². The topological polar surface area (TPSA) is 364 Å². The van der Waals surface area contributed by atoms with Gasteiger partial charge in [-0.3, -0.25) is 43.2 Å². The van der Waals surface area contributed by atoms with Gasteiger partial charge in [0, 0.05) is 117 Å². The summed E-state index contributed by atoms with van der Waals surface area (Å²) in [4.78, 5) is 147. The van der Waals surface area contributed by atoms with Gasteiger partial charge in [0.1, 0.15) is 18.2 Å². The number of ketones is 4. The molecule has 0 radical (unpaired) electrons. The van der Waals surface area contributed by atoms with Crippen molar-refractivity contribution in [3.63, 3.8) is 0 Å². The normalized spacial score (nSPS) is 16.1. The minimum atomic E-state index is -0.783. The number of nitrogens with two attached hydrogens (primary N) is 2. The number of hydrogen-bond donors (Lipinski definition) is 7. The van der Waals surface area contributed by atoms with Crippen molar-refractivity contribution in [2.75, 3.05) is 86.2 Å². The number of nitrogens with one attached hydrogen (secondary N) is 4. The van der Waals surface area contributed by atoms with Crippen molar-refractivity contribution < 1.29 is 81.5 Å². The fraction of sp³-hybridized carbons (Fsp3) is 0.701. The first kappa shape index (κ1) is 91.9. The number of hydrogen-bond acceptors (Lipinski definition) is 18. The lowest BCUT2D eigenvalue weighted by Gasteiger charge is -2.41. The van der Waals surface area contributed by atoms with E-state index < -0.39 is 66.3 Å². The van der Waals surface area contributed by atoms with E-state index >= 15 is 0 Å². The molecule has 12 atom stereocenters. The Morgan fingerprint density at radius 2 is 1.34 bits per heavy atom. The first-order chi connectivity index (χ1) is 48.8. The van der Waals surface area contributed by atoms with Gasteiger partial charge in [0.05, 0.1) is 75.3 Å². The molecule has 0 spiro atoms. The zero-order chi connectivity index (χ0) is 77.5. The number of benzene rings is 2. The largest absolute Gasteiger partial charge is 0.445 e. The van der Waals surface area contributed by atoms with Crippen LogP contribution in [0, 0.1) is 47.3 Å². The highest BCUT2D eigenvalue weighted by Crippen LogP contribution is 2.33. The third-order valence-electron chi connectivity index (χ3n) is 19.4. The Morgan fingerprint density at radius 1 is 0.689 bits per heavy atom. The monoisotopic (exact) mass is 1450 g/mol. The van der Waals surface area contributed by atoms with Crippen LogP contribution in [0.15, 0.2) is 54.6 Å². The molecule has 26 heteroatoms. The Kier molecular flexibility index (Phi) is 44.1. The number of carbonyl (C=O) groups excluding carboxylic acids is 11. The third-order valence-corrected chi connectivity index (χ3v) is 19.4. The molecule has 0 aliphatic carbocycles. The molecule has 1 saturated heterocycles. The van der Waals surface area contributed by atoms with E-state index in [0.717, 1.165) is 18.4 Å². The van der Waals surface area contributed by atoms with Crippen molar-refractivity contribution in [1.29, 1.82) is 0 Å². The number of Topliss-reactive ketones (excluding diaryl/α,β-unsaturated/α-hetero) is 4. The van der Waals surface area contributed by atoms with Crippen LogP contribution in [0.3, 0.4) is 0 Å². The Labute approximate surface area is 613 Å². The Balaban J connectivity index is 0.000000704. The Hall–Kier alpha value is -7.23. The number of likely N-dealkylation sites (tertiary alicyclic amines) is 1. The van der Waals surface area contributed by atoms with Crippen LogP contribution in [0.4, 0.5) is 15.3 Å². The quantitative estimate of drug-likeness (QED) is 0.0305. The van der Waals surface area contributed by atoms with E-state index in [9.17, 15) is 57.8 Å². The number of rotatable bonds is 49. The van der Waals surface area contributed by atoms with Crippen molar-refractivity contribution in [1.82, 2.24) is 30.7 Å². The molecule has 0 bridgehead atoms. The van der Waals surface area contributed by atoms with Crippen LogP contribution in [0.2, 0.25) is 0 Å². The molecule has 1 aliphatic heterocycles. The summed E-state index contributed by atoms with van der Waals surface area (Å²) in [7, 11) is 6.50. The molecule has 1 fully saturated rings. The summed E-state index contributed by atoms with van der Waals surface area (Å²) in [5.41, 5.74) is 12.4. The van der Waals surface area contributed by atoms with E-state index in [2.05, 4.69) is 21.3 Å². The maximum absolute atomic E-state index is 14.3. The number of carbonyl (C=O) groups is 11. The number of unbranched alkanes of at least 4 members (excludes halogenated alkanes) is 2. The molecule has 1 aliphatic rings. The number of aliphatic hydroxyl groups excluding tert-OH is 1. The Bertz CT molecular complexity index is 2920. The molecule has 1 unspecified atom stereocenters. The van der Waals surface area contributed by atoms with Gasteiger partial charge in [0.2, 0.25) is 29.5 Å². The predicted octanol–water partition coefficient (Wildman–Crippen LogP) is 8.52. The summed E-state index contributed by atoms with van der Waals surface area (Å²) in [6, 6.07) is 13.2. The standard InChI is InChI=1S/C43H71N3O8.C34H56N6O9/c1-14-28(6)40(45(11)43(52)33(26(2)3)24-36(49)39(27(4)5)44(10)31(9)47)37(53-12)25-38(50)46-22-18-21-34(46)42(54-13)30(8)35(48)23-29(7)41(51)32-19-16-15-17-20-32;1-4-47-19-20-48-18-17-38-34(46)49-23-25-12-14-27(15-13-25)39-32(44)26(9-8-16-37-33(36)45)21-29(42)31(24(2)3)40-30(43)11-7-5-6-10-28(41)22-35/h15-17,19-20,26-30,33-34,37,39-42,51H,14,18,21-25H2,1-13H3;12-15,24,26,31H,4-11,16-23,35H2,1-3H3,(H,38,46)(H,39,44)(H,40,43)(H3,36,37,45)/t28-,29-,30-,33-,34-,37+,39?,40-,41+,42+;26-,31+/m01/s1. The lowest BCUT2D eigenvalue weighted by molar-refractivity contribution is -0.149. The minimum absolute atomic E-state index is 0.000124. The van der Waals surface area contributed by atoms with Crippen molar-refractivity contribution in [3.8, 4) is 0 Å². The summed E-state index contributed by atoms with van der Waals surface area (Å²) in [5, 5.41) is 21.6. The van der Waals surface area contributed by atoms with Crippen molar-refractivity contribution in [2.45, 2.75) is 222 Å². The van der Waals surface area contributed by atoms with Crippen LogP contribution in [-0.4, -0.2) is 202 Å². The number of anilines is 1. The molecule has 0 aromatic heterocycles. The summed E-state index contributed by atoms with van der Waals surface area (Å²) < 4.78 is 27.7. The third kappa shape index (κ3) is 32.8. The molecule has 9 N–H and O–H groups in total. The average Bonchev–Trinajstić information content (AvgIpc) is 1.80. The number of aliphatic hydroxyl groups is 1. The molecule has 0 saturated carbocycles. The van der Waals surface area contributed by atoms with Crippen LogP contribution in [0.5, 0.6) is 0 Å². The summed E-state index contributed by atoms with van der Waals surface area (Å²) in [6.07, 6.45) is 2.96. The SMILES string of the molecule is CCOCCOCCNC(=O)OCc1ccc(NC(=O)[C@H](CCCNC(N)=O)CC(=O)[C@@H](NC(=O)CCCCCC(=O)CN)C(C)C)cc1.CC[C@H](C)[C@@H]([C@@H](CC(=O)N1CCC[C@H]1[C@H](OC)[C@@H](C)C(=O)C[C@H](C)[C@@H](O)c1ccccc1)OC)N(C)C(=O)[C@@H](CC(=O)C(C(C)C)N(C)C(C)=O)C(C)C. The number of urea groups is 1. The van der Waals surface area contributed by atoms with Crippen LogP contribution < -0.4 is 32.7 Å². The van der Waals surface area contributed by atoms with E-state index in [1.165, 1.54) is 11.8 Å². The number of amides is 8. The molecule has 582 valence electrons. The molecule has 2 aromatic carbocycles. The zero-order valence-electron chi connectivity index (χ0n) is 64.6. The minimum Gasteiger partial charge on any atom is -0.445 e. The number of primary amides is 1. The lowest BCUT2D eigenvalue weighted by atomic mass is 9.83. The fourth-order valence-electron chi connectivity index (χ4n) is 13.1. The fourth-order valence-corrected chi connectivity index (χ4v) is 13.1. The number of likely N-dealkylation sites (N-methyl/N-ethyl adjacent to an activating group) is 2. The van der Waals surface area contributed by atoms with E-state index in [1.807, 2.05) is 111 Å². The second-order valence-electron chi connectivity index (χ2n) is 28.3. The second kappa shape index (κ2) is 49.5. The predicted molar refractivity (Wildman–Crippen MR) is 396 cm³/mol. The average molecular weight is 1450 g/mol. The van der Waals surface area contributed by atoms with Gasteiger partial charge in [0.25, 0.3) is 0 Å². The maximum atomic E-state index is 14.3. The highest BCUT2D eigenvalue weighted by molar-refractivity contribution is 5.97. The molecule has 103 heavy (non-hydrogen) atoms. The van der Waals surface area contributed by atoms with Crippen LogP contribution in [0.25, 0.3) is 0 Å². The van der Waals surface area contributed by atoms with Gasteiger partial charge in [-0.25, -0.2) is 9.59 Å². The first-order valence-electron chi connectivity index (χ1n) is 37.0. The summed E-state index contributed by atoms with van der Waals surface area (Å²) in [5.74, 6) is -4.33. The van der Waals surface area contributed by atoms with Gasteiger partial charge in [-0.05, 0) is 98.3 Å². The summed E-state index contributed by atoms with van der Waals surface area (Å²) >= 11 is 0. The molecular weight excluding hydrogens is 1320 g/mol. The number of ether oxygens (including phenoxy) is 5. The van der Waals surface area contributed by atoms with Crippen molar-refractivity contribution in [2.24, 2.45) is 58.8 Å². The highest BCUT2D eigenvalue weighted by atomic mass is 16.6. The molecule has 8 amide bonds. The van der Waals surface area contributed by atoms with Crippen LogP contribution in [0.1, 0.15) is 190 Å². The molecule has 26 nitrogen and oxygen atoms in total. The van der Waals surface area contributed by atoms with E-state index in [0.29, 0.717) is 89.3 Å². The Morgan fingerprint density at radius 3 is 1.91 bits per heavy atom. The second-order valence-corrected chi connectivity index (χ2v) is 28.3. The number of nitrogens with zero attached hydrogens (tertiary/aromatic N) is 3. The molecule has 1 heterocycles. The number of methoxy groups -OCH3 is 2. The van der Waals surface area contributed by atoms with Crippen molar-refractivity contribution in [3.05, 3.63) is 65.7 Å². The number of alkyl carbamates (subject to hydrolysis) is 1. The highest BCUT2D eigenvalue weighted by Gasteiger charge is 2.44. The molecule has 2 aromatic rings. The molecule has 3 rings (SSSR count). The van der Waals surface area contributed by atoms with Gasteiger partial charge in [0.15, 0.2) is 11.6 Å². The maximum Gasteiger partial charge on any atom is 0.407 e. The van der Waals surface area contributed by atoms with E-state index in [1.54, 1.807) is 57.5 Å². The zero-order valence-corrected chi connectivity index (χ0v) is 64.6. The van der Waals surface area contributed by atoms with Gasteiger partial charge >= 0.3 is 12.1 Å². The molecular formula is C77H127N9O17. The van der Waals surface area contributed by atoms with Gasteiger partial charge in [-0.2, -0.15) is 0 Å². The van der Waals surface area contributed by atoms with Gasteiger partial charge in [-0.1, -0.05) is 125 Å². The van der Waals surface area contributed by atoms with Crippen molar-refractivity contribution >= 4 is 70.5 Å². The van der Waals surface area contributed by atoms with Crippen LogP contribution in [-0.2, 0) is 73.4 Å². The summed E-state index contributed by atoms with van der Waals surface area (Å²) in [6.45, 7) is 25.4. The van der Waals surface area contributed by atoms with Gasteiger partial charge in [-0.15, -0.1) is 0 Å². The first-order valence-corrected chi connectivity index (χ1v) is 37.0.